The van der Waals surface area contributed by atoms with Crippen LogP contribution in [0.25, 0.3) is 55.3 Å². The van der Waals surface area contributed by atoms with E-state index in [0.717, 1.165) is 49.2 Å². The first kappa shape index (κ1) is 18.9. The molecule has 152 valence electrons. The number of hydrogen-bond acceptors (Lipinski definition) is 1. The van der Waals surface area contributed by atoms with Crippen LogP contribution in [0, 0.1) is 0 Å². The fourth-order valence-electron chi connectivity index (χ4n) is 4.43. The van der Waals surface area contributed by atoms with Crippen LogP contribution < -0.4 is 0 Å². The molecule has 6 aromatic rings. The van der Waals surface area contributed by atoms with Crippen LogP contribution in [0.3, 0.4) is 0 Å². The van der Waals surface area contributed by atoms with Crippen LogP contribution in [0.2, 0.25) is 5.02 Å². The average Bonchev–Trinajstić information content (AvgIpc) is 3.25. The summed E-state index contributed by atoms with van der Waals surface area (Å²) in [6.45, 7) is 0. The lowest BCUT2D eigenvalue weighted by Gasteiger charge is -2.15. The molecule has 0 saturated heterocycles. The summed E-state index contributed by atoms with van der Waals surface area (Å²) in [7, 11) is 0. The Labute approximate surface area is 191 Å². The van der Waals surface area contributed by atoms with Gasteiger partial charge in [0.05, 0.1) is 5.02 Å². The van der Waals surface area contributed by atoms with E-state index >= 15 is 0 Å². The lowest BCUT2D eigenvalue weighted by molar-refractivity contribution is 0.669. The highest BCUT2D eigenvalue weighted by molar-refractivity contribution is 6.40. The lowest BCUT2D eigenvalue weighted by atomic mass is 9.90. The highest BCUT2D eigenvalue weighted by Gasteiger charge is 2.17. The van der Waals surface area contributed by atoms with Crippen LogP contribution in [0.1, 0.15) is 0 Å². The molecule has 0 N–H and O–H groups in total. The third kappa shape index (κ3) is 3.10. The van der Waals surface area contributed by atoms with Gasteiger partial charge in [0, 0.05) is 16.3 Å². The molecule has 0 saturated carbocycles. The van der Waals surface area contributed by atoms with Gasteiger partial charge in [0.2, 0.25) is 0 Å². The molecular weight excluding hydrogens is 412 g/mol. The maximum atomic E-state index is 7.05. The first-order valence-electron chi connectivity index (χ1n) is 10.6. The van der Waals surface area contributed by atoms with Gasteiger partial charge in [-0.3, -0.25) is 0 Å². The minimum absolute atomic E-state index is 0.720. The molecule has 0 amide bonds. The highest BCUT2D eigenvalue weighted by atomic mass is 35.5. The van der Waals surface area contributed by atoms with Crippen molar-refractivity contribution < 1.29 is 4.42 Å². The van der Waals surface area contributed by atoms with Crippen molar-refractivity contribution in [1.82, 2.24) is 0 Å². The van der Waals surface area contributed by atoms with Crippen molar-refractivity contribution in [3.05, 3.63) is 120 Å². The van der Waals surface area contributed by atoms with Gasteiger partial charge in [-0.1, -0.05) is 103 Å². The summed E-state index contributed by atoms with van der Waals surface area (Å²) in [5.74, 6) is 0. The number of benzene rings is 5. The fraction of sp³-hybridized carbons (Fsp3) is 0. The van der Waals surface area contributed by atoms with Gasteiger partial charge < -0.3 is 4.42 Å². The molecule has 0 spiro atoms. The molecule has 32 heavy (non-hydrogen) atoms. The first-order chi connectivity index (χ1) is 15.8. The van der Waals surface area contributed by atoms with Crippen LogP contribution in [0.4, 0.5) is 0 Å². The van der Waals surface area contributed by atoms with Crippen LogP contribution in [-0.4, -0.2) is 0 Å². The maximum Gasteiger partial charge on any atom is 0.136 e. The zero-order valence-electron chi connectivity index (χ0n) is 17.3. The van der Waals surface area contributed by atoms with E-state index in [9.17, 15) is 0 Å². The van der Waals surface area contributed by atoms with Crippen LogP contribution in [0.5, 0.6) is 0 Å². The summed E-state index contributed by atoms with van der Waals surface area (Å²) in [5.41, 5.74) is 8.45. The molecule has 1 aromatic heterocycles. The van der Waals surface area contributed by atoms with Crippen molar-refractivity contribution in [3.8, 4) is 33.4 Å². The fourth-order valence-corrected chi connectivity index (χ4v) is 4.79. The smallest absolute Gasteiger partial charge is 0.136 e. The molecule has 0 aliphatic rings. The number of furan rings is 1. The van der Waals surface area contributed by atoms with E-state index < -0.39 is 0 Å². The zero-order valence-corrected chi connectivity index (χ0v) is 18.0. The van der Waals surface area contributed by atoms with Crippen LogP contribution >= 0.6 is 11.6 Å². The second-order valence-corrected chi connectivity index (χ2v) is 8.27. The Bertz CT molecular complexity index is 1560. The Morgan fingerprint density at radius 1 is 0.469 bits per heavy atom. The predicted octanol–water partition coefficient (Wildman–Crippen LogP) is 9.24. The molecule has 1 nitrogen and oxygen atoms in total. The van der Waals surface area contributed by atoms with Gasteiger partial charge in [0.15, 0.2) is 0 Å². The molecule has 6 rings (SSSR count). The Hall–Kier alpha value is -3.81. The Morgan fingerprint density at radius 3 is 1.91 bits per heavy atom. The van der Waals surface area contributed by atoms with Crippen LogP contribution in [0.15, 0.2) is 120 Å². The summed E-state index contributed by atoms with van der Waals surface area (Å²) >= 11 is 7.05. The minimum Gasteiger partial charge on any atom is -0.456 e. The van der Waals surface area contributed by atoms with Gasteiger partial charge in [-0.25, -0.2) is 0 Å². The van der Waals surface area contributed by atoms with Gasteiger partial charge in [-0.15, -0.1) is 0 Å². The maximum absolute atomic E-state index is 7.05. The summed E-state index contributed by atoms with van der Waals surface area (Å²) in [6, 6.07) is 39.7. The summed E-state index contributed by atoms with van der Waals surface area (Å²) in [4.78, 5) is 0. The normalized spacial score (nSPS) is 11.3. The van der Waals surface area contributed by atoms with Gasteiger partial charge in [0.25, 0.3) is 0 Å². The quantitative estimate of drug-likeness (QED) is 0.272. The topological polar surface area (TPSA) is 13.1 Å². The van der Waals surface area contributed by atoms with E-state index in [-0.39, 0.29) is 0 Å². The standard InChI is InChI=1S/C30H19ClO/c31-30-24(17-18-28-29(30)25-13-7-8-14-27(25)32-28)23-16-15-22(20-9-3-1-4-10-20)19-26(23)21-11-5-2-6-12-21/h1-19H. The molecule has 5 aromatic carbocycles. The van der Waals surface area contributed by atoms with Crippen molar-refractivity contribution in [2.24, 2.45) is 0 Å². The van der Waals surface area contributed by atoms with Gasteiger partial charge in [-0.2, -0.15) is 0 Å². The Kier molecular flexibility index (Phi) is 4.56. The summed E-state index contributed by atoms with van der Waals surface area (Å²) in [5, 5.41) is 2.72. The molecule has 0 bridgehead atoms. The van der Waals surface area contributed by atoms with Crippen LogP contribution in [-0.2, 0) is 0 Å². The predicted molar refractivity (Wildman–Crippen MR) is 135 cm³/mol. The van der Waals surface area contributed by atoms with Crippen molar-refractivity contribution in [3.63, 3.8) is 0 Å². The monoisotopic (exact) mass is 430 g/mol. The molecule has 0 fully saturated rings. The van der Waals surface area contributed by atoms with E-state index in [2.05, 4.69) is 78.9 Å². The minimum atomic E-state index is 0.720. The van der Waals surface area contributed by atoms with Gasteiger partial charge in [-0.05, 0) is 52.1 Å². The number of fused-ring (bicyclic) bond motifs is 3. The largest absolute Gasteiger partial charge is 0.456 e. The third-order valence-corrected chi connectivity index (χ3v) is 6.37. The molecule has 0 aliphatic carbocycles. The van der Waals surface area contributed by atoms with Crippen molar-refractivity contribution in [1.29, 1.82) is 0 Å². The van der Waals surface area contributed by atoms with E-state index in [1.807, 2.05) is 36.4 Å². The number of rotatable bonds is 3. The van der Waals surface area contributed by atoms with E-state index in [1.165, 1.54) is 11.1 Å². The van der Waals surface area contributed by atoms with Gasteiger partial charge in [0.1, 0.15) is 11.2 Å². The van der Waals surface area contributed by atoms with Crippen molar-refractivity contribution in [2.75, 3.05) is 0 Å². The molecular formula is C30H19ClO. The number of para-hydroxylation sites is 1. The molecule has 0 unspecified atom stereocenters. The van der Waals surface area contributed by atoms with E-state index in [0.29, 0.717) is 0 Å². The lowest BCUT2D eigenvalue weighted by Crippen LogP contribution is -1.89. The average molecular weight is 431 g/mol. The SMILES string of the molecule is Clc1c(-c2ccc(-c3ccccc3)cc2-c2ccccc2)ccc2oc3ccccc3c12. The summed E-state index contributed by atoms with van der Waals surface area (Å²) in [6.07, 6.45) is 0. The van der Waals surface area contributed by atoms with E-state index in [4.69, 9.17) is 16.0 Å². The van der Waals surface area contributed by atoms with Crippen molar-refractivity contribution in [2.45, 2.75) is 0 Å². The molecule has 2 heteroatoms. The first-order valence-corrected chi connectivity index (χ1v) is 11.0. The Morgan fingerprint density at radius 2 is 1.12 bits per heavy atom. The second kappa shape index (κ2) is 7.71. The second-order valence-electron chi connectivity index (χ2n) is 7.89. The van der Waals surface area contributed by atoms with E-state index in [1.54, 1.807) is 0 Å². The molecule has 0 aliphatic heterocycles. The molecule has 0 atom stereocenters. The van der Waals surface area contributed by atoms with Gasteiger partial charge >= 0.3 is 0 Å². The highest BCUT2D eigenvalue weighted by Crippen LogP contribution is 2.43. The molecule has 1 heterocycles. The van der Waals surface area contributed by atoms with Crippen molar-refractivity contribution >= 4 is 33.5 Å². The zero-order chi connectivity index (χ0) is 21.5. The number of hydrogen-bond donors (Lipinski definition) is 0. The summed E-state index contributed by atoms with van der Waals surface area (Å²) < 4.78 is 6.03. The number of halogens is 1. The molecule has 0 radical (unpaired) electrons. The third-order valence-electron chi connectivity index (χ3n) is 5.98. The Balaban J connectivity index is 1.62.